The van der Waals surface area contributed by atoms with Crippen LogP contribution >= 0.6 is 0 Å². The Morgan fingerprint density at radius 1 is 1.86 bits per heavy atom. The molecule has 0 saturated carbocycles. The number of likely N-dealkylation sites (tertiary alicyclic amines) is 1. The summed E-state index contributed by atoms with van der Waals surface area (Å²) in [5.74, 6) is -0.979. The standard InChI is InChI=1S/C9H15N3O2/c1-2-7(5-10)12-4-3-9(11,6-12)8(13)14/h7H,2-4,6,11H2,1H3,(H,13,14). The Morgan fingerprint density at radius 3 is 2.86 bits per heavy atom. The van der Waals surface area contributed by atoms with Gasteiger partial charge in [-0.1, -0.05) is 6.92 Å². The molecule has 1 aliphatic rings. The molecule has 0 amide bonds. The molecule has 1 fully saturated rings. The molecule has 5 nitrogen and oxygen atoms in total. The van der Waals surface area contributed by atoms with E-state index in [1.165, 1.54) is 0 Å². The van der Waals surface area contributed by atoms with Crippen LogP contribution in [0, 0.1) is 11.3 Å². The summed E-state index contributed by atoms with van der Waals surface area (Å²) in [6.07, 6.45) is 1.12. The van der Waals surface area contributed by atoms with Crippen molar-refractivity contribution in [2.45, 2.75) is 31.3 Å². The van der Waals surface area contributed by atoms with E-state index in [1.54, 1.807) is 0 Å². The van der Waals surface area contributed by atoms with Crippen LogP contribution in [0.25, 0.3) is 0 Å². The monoisotopic (exact) mass is 197 g/mol. The van der Waals surface area contributed by atoms with E-state index in [-0.39, 0.29) is 12.6 Å². The number of carbonyl (C=O) groups is 1. The fourth-order valence-corrected chi connectivity index (χ4v) is 1.74. The molecule has 1 rings (SSSR count). The van der Waals surface area contributed by atoms with Crippen molar-refractivity contribution in [3.63, 3.8) is 0 Å². The third-order valence-electron chi connectivity index (χ3n) is 2.73. The van der Waals surface area contributed by atoms with Gasteiger partial charge in [-0.3, -0.25) is 9.69 Å². The zero-order chi connectivity index (χ0) is 10.8. The topological polar surface area (TPSA) is 90.4 Å². The fourth-order valence-electron chi connectivity index (χ4n) is 1.74. The van der Waals surface area contributed by atoms with Crippen molar-refractivity contribution in [1.82, 2.24) is 4.90 Å². The zero-order valence-electron chi connectivity index (χ0n) is 8.23. The molecule has 0 aromatic rings. The maximum absolute atomic E-state index is 10.8. The summed E-state index contributed by atoms with van der Waals surface area (Å²) >= 11 is 0. The molecule has 0 radical (unpaired) electrons. The summed E-state index contributed by atoms with van der Waals surface area (Å²) < 4.78 is 0. The van der Waals surface area contributed by atoms with Crippen molar-refractivity contribution in [1.29, 1.82) is 5.26 Å². The van der Waals surface area contributed by atoms with E-state index < -0.39 is 11.5 Å². The second-order valence-corrected chi connectivity index (χ2v) is 3.73. The molecule has 1 aliphatic heterocycles. The molecule has 0 aliphatic carbocycles. The second-order valence-electron chi connectivity index (χ2n) is 3.73. The molecule has 3 N–H and O–H groups in total. The summed E-state index contributed by atoms with van der Waals surface area (Å²) in [6.45, 7) is 2.77. The molecule has 2 unspecified atom stereocenters. The van der Waals surface area contributed by atoms with Crippen LogP contribution in [0.5, 0.6) is 0 Å². The zero-order valence-corrected chi connectivity index (χ0v) is 8.23. The summed E-state index contributed by atoms with van der Waals surface area (Å²) in [5.41, 5.74) is 4.53. The van der Waals surface area contributed by atoms with E-state index in [0.717, 1.165) is 0 Å². The Bertz CT molecular complexity index is 274. The quantitative estimate of drug-likeness (QED) is 0.652. The van der Waals surface area contributed by atoms with E-state index in [4.69, 9.17) is 16.1 Å². The van der Waals surface area contributed by atoms with Crippen LogP contribution in [0.4, 0.5) is 0 Å². The second kappa shape index (κ2) is 3.95. The minimum atomic E-state index is -1.16. The first-order valence-corrected chi connectivity index (χ1v) is 4.69. The molecule has 14 heavy (non-hydrogen) atoms. The normalized spacial score (nSPS) is 29.8. The third-order valence-corrected chi connectivity index (χ3v) is 2.73. The highest BCUT2D eigenvalue weighted by molar-refractivity contribution is 5.79. The molecule has 0 aromatic carbocycles. The lowest BCUT2D eigenvalue weighted by Crippen LogP contribution is -2.51. The predicted molar refractivity (Wildman–Crippen MR) is 50.4 cm³/mol. The van der Waals surface area contributed by atoms with Crippen LogP contribution in [-0.2, 0) is 4.79 Å². The van der Waals surface area contributed by atoms with Crippen molar-refractivity contribution in [2.75, 3.05) is 13.1 Å². The van der Waals surface area contributed by atoms with Gasteiger partial charge in [-0.2, -0.15) is 5.26 Å². The number of aliphatic carboxylic acids is 1. The van der Waals surface area contributed by atoms with Crippen molar-refractivity contribution in [3.8, 4) is 6.07 Å². The van der Waals surface area contributed by atoms with Crippen molar-refractivity contribution < 1.29 is 9.90 Å². The highest BCUT2D eigenvalue weighted by Crippen LogP contribution is 2.21. The molecule has 1 saturated heterocycles. The molecule has 5 heteroatoms. The maximum Gasteiger partial charge on any atom is 0.325 e. The van der Waals surface area contributed by atoms with Gasteiger partial charge >= 0.3 is 5.97 Å². The average Bonchev–Trinajstić information content (AvgIpc) is 2.52. The smallest absolute Gasteiger partial charge is 0.325 e. The van der Waals surface area contributed by atoms with Crippen LogP contribution in [-0.4, -0.2) is 40.6 Å². The van der Waals surface area contributed by atoms with Gasteiger partial charge in [-0.25, -0.2) is 0 Å². The van der Waals surface area contributed by atoms with E-state index in [9.17, 15) is 4.79 Å². The summed E-state index contributed by atoms with van der Waals surface area (Å²) in [5, 5.41) is 17.7. The Hall–Kier alpha value is -1.12. The lowest BCUT2D eigenvalue weighted by atomic mass is 10.0. The number of nitrogens with two attached hydrogens (primary N) is 1. The number of carboxylic acid groups (broad SMARTS) is 1. The SMILES string of the molecule is CCC(C#N)N1CCC(N)(C(=O)O)C1. The number of nitriles is 1. The summed E-state index contributed by atoms with van der Waals surface area (Å²) in [4.78, 5) is 12.7. The minimum absolute atomic E-state index is 0.209. The van der Waals surface area contributed by atoms with Gasteiger partial charge in [0.05, 0.1) is 12.1 Å². The minimum Gasteiger partial charge on any atom is -0.480 e. The molecule has 1 heterocycles. The highest BCUT2D eigenvalue weighted by atomic mass is 16.4. The van der Waals surface area contributed by atoms with Gasteiger partial charge in [0.25, 0.3) is 0 Å². The van der Waals surface area contributed by atoms with Crippen molar-refractivity contribution >= 4 is 5.97 Å². The first kappa shape index (κ1) is 11.0. The molecule has 0 bridgehead atoms. The molecule has 78 valence electrons. The Labute approximate surface area is 83.1 Å². The van der Waals surface area contributed by atoms with Gasteiger partial charge in [0, 0.05) is 13.1 Å². The van der Waals surface area contributed by atoms with Crippen LogP contribution in [0.2, 0.25) is 0 Å². The summed E-state index contributed by atoms with van der Waals surface area (Å²) in [7, 11) is 0. The van der Waals surface area contributed by atoms with Gasteiger partial charge in [-0.15, -0.1) is 0 Å². The van der Waals surface area contributed by atoms with Crippen molar-refractivity contribution in [3.05, 3.63) is 0 Å². The average molecular weight is 197 g/mol. The van der Waals surface area contributed by atoms with Gasteiger partial charge in [-0.05, 0) is 12.8 Å². The number of hydrogen-bond acceptors (Lipinski definition) is 4. The van der Waals surface area contributed by atoms with E-state index in [0.29, 0.717) is 19.4 Å². The van der Waals surface area contributed by atoms with Gasteiger partial charge < -0.3 is 10.8 Å². The maximum atomic E-state index is 10.8. The van der Waals surface area contributed by atoms with Crippen LogP contribution in [0.1, 0.15) is 19.8 Å². The van der Waals surface area contributed by atoms with E-state index in [2.05, 4.69) is 6.07 Å². The van der Waals surface area contributed by atoms with Gasteiger partial charge in [0.1, 0.15) is 5.54 Å². The highest BCUT2D eigenvalue weighted by Gasteiger charge is 2.42. The first-order chi connectivity index (χ1) is 6.53. The predicted octanol–water partition coefficient (Wildman–Crippen LogP) is -0.224. The third kappa shape index (κ3) is 1.86. The Morgan fingerprint density at radius 2 is 2.50 bits per heavy atom. The van der Waals surface area contributed by atoms with Crippen LogP contribution in [0.15, 0.2) is 0 Å². The molecule has 0 spiro atoms. The van der Waals surface area contributed by atoms with Crippen LogP contribution < -0.4 is 5.73 Å². The molecule has 0 aromatic heterocycles. The van der Waals surface area contributed by atoms with E-state index in [1.807, 2.05) is 11.8 Å². The number of carboxylic acids is 1. The Kier molecular flexibility index (Phi) is 3.09. The van der Waals surface area contributed by atoms with Crippen LogP contribution in [0.3, 0.4) is 0 Å². The van der Waals surface area contributed by atoms with E-state index >= 15 is 0 Å². The number of nitrogens with zero attached hydrogens (tertiary/aromatic N) is 2. The number of rotatable bonds is 3. The fraction of sp³-hybridized carbons (Fsp3) is 0.778. The van der Waals surface area contributed by atoms with Gasteiger partial charge in [0.15, 0.2) is 0 Å². The van der Waals surface area contributed by atoms with Crippen molar-refractivity contribution in [2.24, 2.45) is 5.73 Å². The largest absolute Gasteiger partial charge is 0.480 e. The summed E-state index contributed by atoms with van der Waals surface area (Å²) in [6, 6.07) is 1.94. The molecule has 2 atom stereocenters. The lowest BCUT2D eigenvalue weighted by Gasteiger charge is -2.22. The Balaban J connectivity index is 2.66. The molecular weight excluding hydrogens is 182 g/mol. The lowest BCUT2D eigenvalue weighted by molar-refractivity contribution is -0.142. The molecular formula is C9H15N3O2. The number of hydrogen-bond donors (Lipinski definition) is 2. The van der Waals surface area contributed by atoms with Gasteiger partial charge in [0.2, 0.25) is 0 Å². The first-order valence-electron chi connectivity index (χ1n) is 4.69.